The third-order valence-corrected chi connectivity index (χ3v) is 2.28. The molecule has 1 rings (SSSR count). The minimum atomic E-state index is -0.393. The van der Waals surface area contributed by atoms with Crippen molar-refractivity contribution in [2.45, 2.75) is 18.9 Å². The van der Waals surface area contributed by atoms with Crippen molar-refractivity contribution in [3.05, 3.63) is 29.6 Å². The normalized spacial score (nSPS) is 12.5. The van der Waals surface area contributed by atoms with E-state index in [0.717, 1.165) is 5.56 Å². The lowest BCUT2D eigenvalue weighted by atomic mass is 10.0. The quantitative estimate of drug-likeness (QED) is 0.781. The first-order chi connectivity index (χ1) is 7.19. The highest BCUT2D eigenvalue weighted by molar-refractivity contribution is 5.31. The van der Waals surface area contributed by atoms with Crippen LogP contribution in [0.3, 0.4) is 0 Å². The number of aliphatic hydroxyl groups is 1. The standard InChI is InChI=1S/C11H16FNO2/c1-15-11-7-8(4-5-9(11)12)10(13)3-2-6-14/h4-5,7,10,14H,2-3,6,13H2,1H3/t10-/m1/s1. The van der Waals surface area contributed by atoms with Gasteiger partial charge in [0.05, 0.1) is 7.11 Å². The van der Waals surface area contributed by atoms with Gasteiger partial charge in [0.2, 0.25) is 0 Å². The average Bonchev–Trinajstić information content (AvgIpc) is 2.26. The van der Waals surface area contributed by atoms with Gasteiger partial charge in [0, 0.05) is 12.6 Å². The number of benzene rings is 1. The van der Waals surface area contributed by atoms with Crippen molar-refractivity contribution in [3.63, 3.8) is 0 Å². The fourth-order valence-corrected chi connectivity index (χ4v) is 1.38. The molecule has 0 unspecified atom stereocenters. The molecular formula is C11H16FNO2. The Balaban J connectivity index is 2.76. The van der Waals surface area contributed by atoms with Crippen LogP contribution in [0.2, 0.25) is 0 Å². The summed E-state index contributed by atoms with van der Waals surface area (Å²) in [5.74, 6) is -0.192. The van der Waals surface area contributed by atoms with E-state index in [2.05, 4.69) is 0 Å². The molecule has 0 saturated heterocycles. The summed E-state index contributed by atoms with van der Waals surface area (Å²) in [6.07, 6.45) is 1.31. The summed E-state index contributed by atoms with van der Waals surface area (Å²) in [5.41, 5.74) is 6.69. The maximum Gasteiger partial charge on any atom is 0.165 e. The number of hydrogen-bond acceptors (Lipinski definition) is 3. The number of nitrogens with two attached hydrogens (primary N) is 1. The van der Waals surface area contributed by atoms with Crippen molar-refractivity contribution in [2.75, 3.05) is 13.7 Å². The maximum absolute atomic E-state index is 13.1. The predicted octanol–water partition coefficient (Wildman–Crippen LogP) is 1.61. The first-order valence-electron chi connectivity index (χ1n) is 4.89. The molecule has 0 aliphatic carbocycles. The molecule has 0 bridgehead atoms. The summed E-state index contributed by atoms with van der Waals surface area (Å²) in [4.78, 5) is 0. The molecule has 1 atom stereocenters. The monoisotopic (exact) mass is 213 g/mol. The Kier molecular flexibility index (Phi) is 4.52. The van der Waals surface area contributed by atoms with Crippen LogP contribution in [0.25, 0.3) is 0 Å². The van der Waals surface area contributed by atoms with Crippen molar-refractivity contribution in [1.29, 1.82) is 0 Å². The van der Waals surface area contributed by atoms with Crippen LogP contribution in [0.4, 0.5) is 4.39 Å². The van der Waals surface area contributed by atoms with Crippen LogP contribution in [0.1, 0.15) is 24.4 Å². The second-order valence-corrected chi connectivity index (χ2v) is 3.37. The van der Waals surface area contributed by atoms with Gasteiger partial charge in [-0.25, -0.2) is 4.39 Å². The molecule has 0 aromatic heterocycles. The summed E-state index contributed by atoms with van der Waals surface area (Å²) >= 11 is 0. The predicted molar refractivity (Wildman–Crippen MR) is 56.2 cm³/mol. The smallest absolute Gasteiger partial charge is 0.165 e. The molecule has 1 aromatic rings. The molecule has 3 N–H and O–H groups in total. The largest absolute Gasteiger partial charge is 0.494 e. The van der Waals surface area contributed by atoms with Crippen LogP contribution < -0.4 is 10.5 Å². The Labute approximate surface area is 88.7 Å². The average molecular weight is 213 g/mol. The van der Waals surface area contributed by atoms with Gasteiger partial charge >= 0.3 is 0 Å². The van der Waals surface area contributed by atoms with Crippen LogP contribution in [-0.2, 0) is 0 Å². The molecule has 0 spiro atoms. The minimum Gasteiger partial charge on any atom is -0.494 e. The van der Waals surface area contributed by atoms with Gasteiger partial charge in [0.25, 0.3) is 0 Å². The van der Waals surface area contributed by atoms with Gasteiger partial charge in [-0.05, 0) is 30.5 Å². The fourth-order valence-electron chi connectivity index (χ4n) is 1.38. The third-order valence-electron chi connectivity index (χ3n) is 2.28. The van der Waals surface area contributed by atoms with Gasteiger partial charge in [-0.2, -0.15) is 0 Å². The van der Waals surface area contributed by atoms with Gasteiger partial charge in [-0.3, -0.25) is 0 Å². The van der Waals surface area contributed by atoms with Crippen LogP contribution >= 0.6 is 0 Å². The minimum absolute atomic E-state index is 0.117. The topological polar surface area (TPSA) is 55.5 Å². The highest BCUT2D eigenvalue weighted by atomic mass is 19.1. The van der Waals surface area contributed by atoms with E-state index >= 15 is 0 Å². The highest BCUT2D eigenvalue weighted by Crippen LogP contribution is 2.23. The Morgan fingerprint density at radius 2 is 2.27 bits per heavy atom. The van der Waals surface area contributed by atoms with E-state index in [0.29, 0.717) is 12.8 Å². The van der Waals surface area contributed by atoms with Crippen LogP contribution in [-0.4, -0.2) is 18.8 Å². The zero-order valence-electron chi connectivity index (χ0n) is 8.74. The third kappa shape index (κ3) is 3.18. The van der Waals surface area contributed by atoms with Crippen LogP contribution in [0, 0.1) is 5.82 Å². The second kappa shape index (κ2) is 5.68. The Morgan fingerprint density at radius 1 is 1.53 bits per heavy atom. The number of halogens is 1. The summed E-state index contributed by atoms with van der Waals surface area (Å²) < 4.78 is 17.9. The zero-order valence-corrected chi connectivity index (χ0v) is 8.74. The molecule has 0 saturated carbocycles. The SMILES string of the molecule is COc1cc([C@H](N)CCCO)ccc1F. The maximum atomic E-state index is 13.1. The molecule has 3 nitrogen and oxygen atoms in total. The zero-order chi connectivity index (χ0) is 11.3. The number of methoxy groups -OCH3 is 1. The lowest BCUT2D eigenvalue weighted by Gasteiger charge is -2.12. The molecule has 0 radical (unpaired) electrons. The molecule has 0 fully saturated rings. The number of aliphatic hydroxyl groups excluding tert-OH is 1. The van der Waals surface area contributed by atoms with E-state index in [4.69, 9.17) is 15.6 Å². The van der Waals surface area contributed by atoms with Gasteiger partial charge in [0.1, 0.15) is 0 Å². The van der Waals surface area contributed by atoms with Crippen molar-refractivity contribution in [1.82, 2.24) is 0 Å². The first kappa shape index (κ1) is 11.9. The first-order valence-corrected chi connectivity index (χ1v) is 4.89. The molecule has 84 valence electrons. The Hall–Kier alpha value is -1.13. The van der Waals surface area contributed by atoms with E-state index in [-0.39, 0.29) is 18.4 Å². The highest BCUT2D eigenvalue weighted by Gasteiger charge is 2.09. The van der Waals surface area contributed by atoms with E-state index in [1.807, 2.05) is 0 Å². The molecule has 0 aliphatic rings. The second-order valence-electron chi connectivity index (χ2n) is 3.37. The van der Waals surface area contributed by atoms with Gasteiger partial charge in [0.15, 0.2) is 11.6 Å². The van der Waals surface area contributed by atoms with Crippen molar-refractivity contribution in [3.8, 4) is 5.75 Å². The molecule has 0 amide bonds. The van der Waals surface area contributed by atoms with Gasteiger partial charge < -0.3 is 15.6 Å². The molecule has 1 aromatic carbocycles. The summed E-state index contributed by atoms with van der Waals surface area (Å²) in [6.45, 7) is 0.117. The van der Waals surface area contributed by atoms with E-state index in [9.17, 15) is 4.39 Å². The summed E-state index contributed by atoms with van der Waals surface area (Å²) in [5, 5.41) is 8.67. The lowest BCUT2D eigenvalue weighted by Crippen LogP contribution is -2.11. The van der Waals surface area contributed by atoms with Gasteiger partial charge in [-0.1, -0.05) is 6.07 Å². The van der Waals surface area contributed by atoms with E-state index in [1.165, 1.54) is 13.2 Å². The van der Waals surface area contributed by atoms with Crippen molar-refractivity contribution in [2.24, 2.45) is 5.73 Å². The molecule has 0 aliphatic heterocycles. The fraction of sp³-hybridized carbons (Fsp3) is 0.455. The van der Waals surface area contributed by atoms with E-state index in [1.54, 1.807) is 12.1 Å². The van der Waals surface area contributed by atoms with Crippen LogP contribution in [0.5, 0.6) is 5.75 Å². The van der Waals surface area contributed by atoms with Crippen molar-refractivity contribution < 1.29 is 14.2 Å². The number of rotatable bonds is 5. The Bertz CT molecular complexity index is 317. The number of ether oxygens (including phenoxy) is 1. The molecule has 0 heterocycles. The summed E-state index contributed by atoms with van der Waals surface area (Å²) in [7, 11) is 1.42. The molecule has 4 heteroatoms. The summed E-state index contributed by atoms with van der Waals surface area (Å²) in [6, 6.07) is 4.39. The van der Waals surface area contributed by atoms with E-state index < -0.39 is 5.82 Å². The van der Waals surface area contributed by atoms with Crippen molar-refractivity contribution >= 4 is 0 Å². The molecular weight excluding hydrogens is 197 g/mol. The molecule has 15 heavy (non-hydrogen) atoms. The van der Waals surface area contributed by atoms with Gasteiger partial charge in [-0.15, -0.1) is 0 Å². The van der Waals surface area contributed by atoms with Crippen LogP contribution in [0.15, 0.2) is 18.2 Å². The lowest BCUT2D eigenvalue weighted by molar-refractivity contribution is 0.280. The Morgan fingerprint density at radius 3 is 2.87 bits per heavy atom. The number of hydrogen-bond donors (Lipinski definition) is 2.